The molecule has 0 radical (unpaired) electrons. The summed E-state index contributed by atoms with van der Waals surface area (Å²) in [5.74, 6) is -5.68. The average molecular weight is 1950 g/mol. The molecule has 50 atom stereocenters. The van der Waals surface area contributed by atoms with Crippen molar-refractivity contribution in [2.45, 2.75) is 355 Å². The van der Waals surface area contributed by atoms with E-state index in [2.05, 4.69) is 36.1 Å². The molecule has 10 aliphatic heterocycles. The molecular formula is C72H120N6O53S. The van der Waals surface area contributed by atoms with Gasteiger partial charge in [-0.1, -0.05) is 0 Å². The molecule has 0 aromatic carbocycles. The van der Waals surface area contributed by atoms with Gasteiger partial charge >= 0.3 is 10.4 Å². The van der Waals surface area contributed by atoms with Crippen LogP contribution in [0, 0.1) is 0 Å². The molecule has 0 bridgehead atoms. The van der Waals surface area contributed by atoms with Gasteiger partial charge in [0.1, 0.15) is 238 Å². The fourth-order valence-electron chi connectivity index (χ4n) is 16.8. The Morgan fingerprint density at radius 3 is 0.917 bits per heavy atom. The summed E-state index contributed by atoms with van der Waals surface area (Å²) in [7, 11) is -5.46. The molecule has 10 aliphatic rings. The first-order chi connectivity index (χ1) is 62.1. The van der Waals surface area contributed by atoms with Crippen LogP contribution in [0.1, 0.15) is 48.5 Å². The van der Waals surface area contributed by atoms with Crippen LogP contribution in [-0.4, -0.2) is 537 Å². The second kappa shape index (κ2) is 47.3. The monoisotopic (exact) mass is 1950 g/mol. The third-order valence-corrected chi connectivity index (χ3v) is 23.9. The molecule has 0 aromatic heterocycles. The maximum atomic E-state index is 13.3. The minimum atomic E-state index is -5.46. The minimum absolute atomic E-state index is 0.822. The van der Waals surface area contributed by atoms with Gasteiger partial charge in [0, 0.05) is 41.5 Å². The van der Waals surface area contributed by atoms with Crippen LogP contribution >= 0.6 is 0 Å². The van der Waals surface area contributed by atoms with Crippen molar-refractivity contribution in [3.8, 4) is 0 Å². The van der Waals surface area contributed by atoms with Crippen LogP contribution in [-0.2, 0) is 133 Å². The zero-order valence-corrected chi connectivity index (χ0v) is 72.1. The van der Waals surface area contributed by atoms with Crippen LogP contribution in [0.5, 0.6) is 0 Å². The summed E-state index contributed by atoms with van der Waals surface area (Å²) in [6.07, 6.45) is -93.5. The molecule has 59 nitrogen and oxygen atoms in total. The molecule has 10 rings (SSSR count). The number of aliphatic hydroxyl groups is 24. The highest BCUT2D eigenvalue weighted by atomic mass is 32.3. The highest BCUT2D eigenvalue weighted by molar-refractivity contribution is 7.80. The van der Waals surface area contributed by atoms with E-state index in [1.54, 1.807) is 0 Å². The number of rotatable bonds is 35. The van der Waals surface area contributed by atoms with Crippen molar-refractivity contribution >= 4 is 45.8 Å². The van der Waals surface area contributed by atoms with Gasteiger partial charge in [0.2, 0.25) is 35.4 Å². The molecular weight excluding hydrogens is 1830 g/mol. The fraction of sp³-hybridized carbons (Fsp3) is 0.917. The van der Waals surface area contributed by atoms with E-state index in [0.717, 1.165) is 41.5 Å². The predicted molar refractivity (Wildman–Crippen MR) is 408 cm³/mol. The summed E-state index contributed by atoms with van der Waals surface area (Å²) in [6, 6.07) is -11.5. The molecule has 0 aromatic rings. The zero-order chi connectivity index (χ0) is 97.6. The number of hydrogen-bond acceptors (Lipinski definition) is 52. The first kappa shape index (κ1) is 109. The maximum absolute atomic E-state index is 13.3. The largest absolute Gasteiger partial charge is 0.397 e. The van der Waals surface area contributed by atoms with E-state index in [1.165, 1.54) is 6.92 Å². The van der Waals surface area contributed by atoms with Gasteiger partial charge in [-0.15, -0.1) is 0 Å². The Bertz CT molecular complexity index is 3840. The molecule has 132 heavy (non-hydrogen) atoms. The first-order valence-electron chi connectivity index (χ1n) is 41.6. The Hall–Kier alpha value is -5.03. The summed E-state index contributed by atoms with van der Waals surface area (Å²) in [6.45, 7) is -3.58. The van der Waals surface area contributed by atoms with Crippen LogP contribution in [0.4, 0.5) is 0 Å². The van der Waals surface area contributed by atoms with E-state index in [0.29, 0.717) is 0 Å². The van der Waals surface area contributed by atoms with Crippen LogP contribution in [0.2, 0.25) is 0 Å². The number of carbonyl (C=O) groups is 6. The molecule has 1 unspecified atom stereocenters. The average Bonchev–Trinajstić information content (AvgIpc) is 0.760. The molecule has 0 aliphatic carbocycles. The lowest BCUT2D eigenvalue weighted by Gasteiger charge is -2.51. The number of hydrogen-bond donors (Lipinski definition) is 31. The summed E-state index contributed by atoms with van der Waals surface area (Å²) < 4.78 is 152. The van der Waals surface area contributed by atoms with E-state index in [1.807, 2.05) is 0 Å². The standard InChI is InChI=1S/C72H120N6O53S/c1-17-39(92)50(103)53(106)69(114-17)112-16-32-58(45(98)33(63(108)115-32)73-18(2)86)126-65-35(75-20(4)88)48(101)57(29(13-84)119-65)127-70-54(107)60(128-72-62(52(105)42(95)26(10-81)118-72)130-68-37(77-22(6)90)47(100)56(28(12-83)121-68)125-66-38(78-23(7)91)49(102)59(30(14-85)122-66)131-132(109,110)111)43(96)31(123-70)15-113-71-61(51(104)41(94)25(9-80)117-71)129-67-36(76-21(5)89)46(99)55(27(11-82)120-67)124-64-34(74-19(3)87)44(97)40(93)24(8-79)116-64/h17,24-72,79-85,92-108H,8-16H2,1-7H3,(H,73,86)(H,74,87)(H,75,88)(H,76,89)(H,77,90)(H,78,91)(H,109,110,111)/t17-,24+,25+,26+,27+,28+,29+,30+,31+,32+,33+,34+,35+,36+,37+,38+,39+,40-,41+,42+,43+,44+,45+,46+,47+,48+,49+,50+,51-,52-,53-,54-,55+,56+,57+,58+,59-,60-,61-,62-,63?,64-,65-,66-,67-,68-,69+,70-,71-,72+/m0/s1. The molecule has 10 fully saturated rings. The number of aliphatic hydroxyl groups excluding tert-OH is 24. The summed E-state index contributed by atoms with van der Waals surface area (Å²) in [4.78, 5) is 77.1. The molecule has 0 saturated carbocycles. The molecule has 6 amide bonds. The number of amides is 6. The van der Waals surface area contributed by atoms with E-state index >= 15 is 0 Å². The van der Waals surface area contributed by atoms with Gasteiger partial charge in [-0.3, -0.25) is 33.3 Å². The Morgan fingerprint density at radius 1 is 0.250 bits per heavy atom. The Kier molecular flexibility index (Phi) is 39.0. The lowest BCUT2D eigenvalue weighted by Crippen LogP contribution is -2.71. The molecule has 60 heteroatoms. The van der Waals surface area contributed by atoms with Gasteiger partial charge in [-0.05, 0) is 6.92 Å². The van der Waals surface area contributed by atoms with Gasteiger partial charge in [0.15, 0.2) is 62.9 Å². The lowest BCUT2D eigenvalue weighted by atomic mass is 9.93. The lowest BCUT2D eigenvalue weighted by molar-refractivity contribution is -0.398. The zero-order valence-electron chi connectivity index (χ0n) is 71.3. The van der Waals surface area contributed by atoms with Crippen LogP contribution in [0.15, 0.2) is 0 Å². The Balaban J connectivity index is 0.996. The number of ether oxygens (including phenoxy) is 19. The van der Waals surface area contributed by atoms with Crippen molar-refractivity contribution in [2.24, 2.45) is 0 Å². The molecule has 762 valence electrons. The van der Waals surface area contributed by atoms with Gasteiger partial charge < -0.3 is 244 Å². The number of carbonyl (C=O) groups excluding carboxylic acids is 6. The number of nitrogens with one attached hydrogen (secondary N) is 6. The highest BCUT2D eigenvalue weighted by Gasteiger charge is 2.62. The van der Waals surface area contributed by atoms with E-state index in [9.17, 15) is 164 Å². The van der Waals surface area contributed by atoms with Crippen molar-refractivity contribution in [1.82, 2.24) is 31.9 Å². The van der Waals surface area contributed by atoms with E-state index in [-0.39, 0.29) is 0 Å². The summed E-state index contributed by atoms with van der Waals surface area (Å²) in [5, 5.41) is 287. The maximum Gasteiger partial charge on any atom is 0.397 e. The van der Waals surface area contributed by atoms with Crippen molar-refractivity contribution in [2.75, 3.05) is 59.5 Å². The van der Waals surface area contributed by atoms with Crippen molar-refractivity contribution in [3.05, 3.63) is 0 Å². The normalized spacial score (nSPS) is 46.8. The summed E-state index contributed by atoms with van der Waals surface area (Å²) in [5.41, 5.74) is 0. The molecule has 10 saturated heterocycles. The van der Waals surface area contributed by atoms with Crippen LogP contribution in [0.3, 0.4) is 0 Å². The van der Waals surface area contributed by atoms with Crippen LogP contribution < -0.4 is 31.9 Å². The van der Waals surface area contributed by atoms with Gasteiger partial charge in [-0.25, -0.2) is 4.18 Å². The van der Waals surface area contributed by atoms with Gasteiger partial charge in [0.25, 0.3) is 0 Å². The topological polar surface area (TPSA) is 899 Å². The second-order valence-electron chi connectivity index (χ2n) is 33.0. The van der Waals surface area contributed by atoms with Gasteiger partial charge in [-0.2, -0.15) is 8.42 Å². The third kappa shape index (κ3) is 25.2. The second-order valence-corrected chi connectivity index (χ2v) is 34.0. The minimum Gasteiger partial charge on any atom is -0.394 e. The van der Waals surface area contributed by atoms with E-state index in [4.69, 9.17) is 90.0 Å². The third-order valence-electron chi connectivity index (χ3n) is 23.4. The molecule has 10 heterocycles. The van der Waals surface area contributed by atoms with E-state index < -0.39 is 412 Å². The van der Waals surface area contributed by atoms with Gasteiger partial charge in [0.05, 0.1) is 65.6 Å². The molecule has 31 N–H and O–H groups in total. The Morgan fingerprint density at radius 2 is 0.530 bits per heavy atom. The van der Waals surface area contributed by atoms with Crippen molar-refractivity contribution < 1.29 is 258 Å². The van der Waals surface area contributed by atoms with Crippen molar-refractivity contribution in [1.29, 1.82) is 0 Å². The smallest absolute Gasteiger partial charge is 0.394 e. The SMILES string of the molecule is CC(=O)N[C@H]1[C@H](O[C@H]2[C@H](O)[C@@H](NC(C)=O)[C@H](O[C@@H]3[C@@H](O[C@@H]4[C@H](O)[C@H](O[C@H]5[C@H](O)[C@@H](NC(C)=O)[C@H](O[C@H]6[C@H](O)[C@@H](NC(C)=O)C(O)O[C@@H]6CO[C@@H]6O[C@@H](C)[C@@H](O)[C@@H](O)[C@@H]6O)O[C@@H]5CO)O[C@H](CO[C@H]5O[C@H](CO)[C@@H](O)[C@H](O)[C@@H]5O[C@@H]5O[C@H](CO)[C@@H](O[C@@H]6O[C@H](CO)[C@H](O)[C@H](O)[C@H]6NC(C)=O)[C@H](O)[C@H]5NC(C)=O)[C@H]4O)O[C@H](CO)[C@@H](O)[C@@H]3O)O[C@@H]2CO)O[C@H](CO)[C@H](OS(=O)(=O)O)[C@@H]1O. The van der Waals surface area contributed by atoms with Crippen LogP contribution in [0.25, 0.3) is 0 Å². The Labute approximate surface area is 748 Å². The quantitative estimate of drug-likeness (QED) is 0.0262. The van der Waals surface area contributed by atoms with Crippen molar-refractivity contribution in [3.63, 3.8) is 0 Å². The highest BCUT2D eigenvalue weighted by Crippen LogP contribution is 2.41. The summed E-state index contributed by atoms with van der Waals surface area (Å²) >= 11 is 0. The predicted octanol–water partition coefficient (Wildman–Crippen LogP) is -21.1. The first-order valence-corrected chi connectivity index (χ1v) is 43.0. The molecule has 0 spiro atoms. The fourth-order valence-corrected chi connectivity index (χ4v) is 17.4.